The summed E-state index contributed by atoms with van der Waals surface area (Å²) in [6.45, 7) is 3.77. The SMILES string of the molecule is CCCC(C)(O)CNC(=O)c1ccc(F)c(N)c1. The number of aliphatic hydroxyl groups is 1. The van der Waals surface area contributed by atoms with Crippen molar-refractivity contribution in [3.05, 3.63) is 29.6 Å². The Kier molecular flexibility index (Phi) is 4.67. The molecule has 4 N–H and O–H groups in total. The lowest BCUT2D eigenvalue weighted by molar-refractivity contribution is 0.0469. The Balaban J connectivity index is 2.63. The van der Waals surface area contributed by atoms with Gasteiger partial charge in [0.1, 0.15) is 5.82 Å². The lowest BCUT2D eigenvalue weighted by atomic mass is 10.0. The average molecular weight is 254 g/mol. The Bertz CT molecular complexity index is 433. The van der Waals surface area contributed by atoms with Gasteiger partial charge in [0.15, 0.2) is 0 Å². The van der Waals surface area contributed by atoms with Gasteiger partial charge in [-0.1, -0.05) is 13.3 Å². The van der Waals surface area contributed by atoms with Crippen LogP contribution >= 0.6 is 0 Å². The van der Waals surface area contributed by atoms with E-state index in [0.29, 0.717) is 6.42 Å². The number of hydrogen-bond donors (Lipinski definition) is 3. The first-order valence-corrected chi connectivity index (χ1v) is 5.91. The molecule has 1 aromatic rings. The Morgan fingerprint density at radius 1 is 1.56 bits per heavy atom. The lowest BCUT2D eigenvalue weighted by Gasteiger charge is -2.22. The fourth-order valence-corrected chi connectivity index (χ4v) is 1.68. The summed E-state index contributed by atoms with van der Waals surface area (Å²) in [7, 11) is 0. The van der Waals surface area contributed by atoms with Crippen molar-refractivity contribution >= 4 is 11.6 Å². The molecule has 0 saturated carbocycles. The van der Waals surface area contributed by atoms with Gasteiger partial charge in [-0.05, 0) is 31.5 Å². The van der Waals surface area contributed by atoms with Crippen molar-refractivity contribution in [2.24, 2.45) is 0 Å². The summed E-state index contributed by atoms with van der Waals surface area (Å²) in [6, 6.07) is 3.78. The van der Waals surface area contributed by atoms with Crippen LogP contribution in [0.2, 0.25) is 0 Å². The average Bonchev–Trinajstić information content (AvgIpc) is 2.30. The van der Waals surface area contributed by atoms with Crippen molar-refractivity contribution in [1.82, 2.24) is 5.32 Å². The van der Waals surface area contributed by atoms with Gasteiger partial charge >= 0.3 is 0 Å². The molecular formula is C13H19FN2O2. The topological polar surface area (TPSA) is 75.3 Å². The summed E-state index contributed by atoms with van der Waals surface area (Å²) in [5.41, 5.74) is 4.66. The largest absolute Gasteiger partial charge is 0.396 e. The van der Waals surface area contributed by atoms with Crippen molar-refractivity contribution in [3.63, 3.8) is 0 Å². The number of anilines is 1. The molecule has 1 rings (SSSR count). The van der Waals surface area contributed by atoms with Gasteiger partial charge in [-0.2, -0.15) is 0 Å². The zero-order valence-corrected chi connectivity index (χ0v) is 10.7. The second kappa shape index (κ2) is 5.82. The summed E-state index contributed by atoms with van der Waals surface area (Å²) in [5, 5.41) is 12.5. The molecule has 0 fully saturated rings. The maximum absolute atomic E-state index is 12.9. The zero-order chi connectivity index (χ0) is 13.8. The highest BCUT2D eigenvalue weighted by Gasteiger charge is 2.20. The maximum Gasteiger partial charge on any atom is 0.251 e. The van der Waals surface area contributed by atoms with Gasteiger partial charge in [0, 0.05) is 12.1 Å². The third kappa shape index (κ3) is 4.00. The maximum atomic E-state index is 12.9. The van der Waals surface area contributed by atoms with Gasteiger partial charge in [0.2, 0.25) is 0 Å². The van der Waals surface area contributed by atoms with Crippen molar-refractivity contribution in [2.75, 3.05) is 12.3 Å². The van der Waals surface area contributed by atoms with Gasteiger partial charge in [0.05, 0.1) is 11.3 Å². The van der Waals surface area contributed by atoms with E-state index in [4.69, 9.17) is 5.73 Å². The third-order valence-electron chi connectivity index (χ3n) is 2.68. The summed E-state index contributed by atoms with van der Waals surface area (Å²) in [5.74, 6) is -0.928. The number of nitrogen functional groups attached to an aromatic ring is 1. The minimum Gasteiger partial charge on any atom is -0.396 e. The number of carbonyl (C=O) groups excluding carboxylic acids is 1. The van der Waals surface area contributed by atoms with E-state index in [1.807, 2.05) is 6.92 Å². The number of nitrogens with one attached hydrogen (secondary N) is 1. The summed E-state index contributed by atoms with van der Waals surface area (Å²) >= 11 is 0. The van der Waals surface area contributed by atoms with Crippen LogP contribution in [0.5, 0.6) is 0 Å². The van der Waals surface area contributed by atoms with Crippen LogP contribution < -0.4 is 11.1 Å². The molecule has 0 heterocycles. The first-order valence-electron chi connectivity index (χ1n) is 5.91. The number of benzene rings is 1. The van der Waals surface area contributed by atoms with Crippen LogP contribution in [-0.4, -0.2) is 23.2 Å². The molecular weight excluding hydrogens is 235 g/mol. The summed E-state index contributed by atoms with van der Waals surface area (Å²) in [4.78, 5) is 11.8. The van der Waals surface area contributed by atoms with E-state index in [0.717, 1.165) is 12.5 Å². The van der Waals surface area contributed by atoms with E-state index in [-0.39, 0.29) is 23.7 Å². The molecule has 0 spiro atoms. The number of hydrogen-bond acceptors (Lipinski definition) is 3. The summed E-state index contributed by atoms with van der Waals surface area (Å²) in [6.07, 6.45) is 1.42. The molecule has 0 aromatic heterocycles. The van der Waals surface area contributed by atoms with Crippen LogP contribution in [0.4, 0.5) is 10.1 Å². The Morgan fingerprint density at radius 3 is 2.78 bits per heavy atom. The van der Waals surface area contributed by atoms with Crippen LogP contribution in [0.1, 0.15) is 37.0 Å². The number of rotatable bonds is 5. The predicted molar refractivity (Wildman–Crippen MR) is 68.7 cm³/mol. The van der Waals surface area contributed by atoms with Crippen LogP contribution in [-0.2, 0) is 0 Å². The number of carbonyl (C=O) groups is 1. The van der Waals surface area contributed by atoms with Crippen LogP contribution in [0.3, 0.4) is 0 Å². The van der Waals surface area contributed by atoms with Gasteiger partial charge in [0.25, 0.3) is 5.91 Å². The van der Waals surface area contributed by atoms with Crippen LogP contribution in [0.25, 0.3) is 0 Å². The number of nitrogens with two attached hydrogens (primary N) is 1. The molecule has 0 bridgehead atoms. The molecule has 1 unspecified atom stereocenters. The number of halogens is 1. The third-order valence-corrected chi connectivity index (χ3v) is 2.68. The minimum absolute atomic E-state index is 0.0667. The monoisotopic (exact) mass is 254 g/mol. The van der Waals surface area contributed by atoms with E-state index < -0.39 is 11.4 Å². The molecule has 18 heavy (non-hydrogen) atoms. The van der Waals surface area contributed by atoms with E-state index in [1.54, 1.807) is 6.92 Å². The first-order chi connectivity index (χ1) is 8.35. The van der Waals surface area contributed by atoms with Crippen molar-refractivity contribution in [1.29, 1.82) is 0 Å². The molecule has 0 aliphatic heterocycles. The fourth-order valence-electron chi connectivity index (χ4n) is 1.68. The van der Waals surface area contributed by atoms with Crippen molar-refractivity contribution in [3.8, 4) is 0 Å². The highest BCUT2D eigenvalue weighted by molar-refractivity contribution is 5.95. The molecule has 100 valence electrons. The zero-order valence-electron chi connectivity index (χ0n) is 10.7. The Hall–Kier alpha value is -1.62. The van der Waals surface area contributed by atoms with Gasteiger partial charge in [-0.3, -0.25) is 4.79 Å². The molecule has 0 saturated heterocycles. The van der Waals surface area contributed by atoms with E-state index in [9.17, 15) is 14.3 Å². The normalized spacial score (nSPS) is 14.0. The molecule has 0 radical (unpaired) electrons. The minimum atomic E-state index is -0.935. The molecule has 1 aromatic carbocycles. The molecule has 0 aliphatic carbocycles. The van der Waals surface area contributed by atoms with Gasteiger partial charge in [-0.15, -0.1) is 0 Å². The van der Waals surface area contributed by atoms with E-state index >= 15 is 0 Å². The quantitative estimate of drug-likeness (QED) is 0.700. The smallest absolute Gasteiger partial charge is 0.251 e. The lowest BCUT2D eigenvalue weighted by Crippen LogP contribution is -2.40. The summed E-state index contributed by atoms with van der Waals surface area (Å²) < 4.78 is 12.9. The highest BCUT2D eigenvalue weighted by Crippen LogP contribution is 2.13. The molecule has 1 amide bonds. The fraction of sp³-hybridized carbons (Fsp3) is 0.462. The number of amides is 1. The molecule has 1 atom stereocenters. The van der Waals surface area contributed by atoms with Crippen LogP contribution in [0, 0.1) is 5.82 Å². The highest BCUT2D eigenvalue weighted by atomic mass is 19.1. The standard InChI is InChI=1S/C13H19FN2O2/c1-3-6-13(2,18)8-16-12(17)9-4-5-10(14)11(15)7-9/h4-5,7,18H,3,6,8,15H2,1-2H3,(H,16,17). The second-order valence-corrected chi connectivity index (χ2v) is 4.67. The van der Waals surface area contributed by atoms with Crippen molar-refractivity contribution in [2.45, 2.75) is 32.3 Å². The molecule has 5 heteroatoms. The van der Waals surface area contributed by atoms with Gasteiger partial charge < -0.3 is 16.2 Å². The van der Waals surface area contributed by atoms with E-state index in [1.165, 1.54) is 12.1 Å². The van der Waals surface area contributed by atoms with Crippen LogP contribution in [0.15, 0.2) is 18.2 Å². The Labute approximate surface area is 106 Å². The Morgan fingerprint density at radius 2 is 2.22 bits per heavy atom. The molecule has 4 nitrogen and oxygen atoms in total. The first kappa shape index (κ1) is 14.4. The van der Waals surface area contributed by atoms with E-state index in [2.05, 4.69) is 5.32 Å². The second-order valence-electron chi connectivity index (χ2n) is 4.67. The predicted octanol–water partition coefficient (Wildman–Crippen LogP) is 1.69. The van der Waals surface area contributed by atoms with Crippen molar-refractivity contribution < 1.29 is 14.3 Å². The molecule has 0 aliphatic rings. The van der Waals surface area contributed by atoms with Gasteiger partial charge in [-0.25, -0.2) is 4.39 Å².